The average molecular weight is 176 g/mol. The summed E-state index contributed by atoms with van der Waals surface area (Å²) in [7, 11) is -3.06. The summed E-state index contributed by atoms with van der Waals surface area (Å²) in [6, 6.07) is 1.94. The van der Waals surface area contributed by atoms with Gasteiger partial charge in [0.2, 0.25) is 10.0 Å². The SMILES string of the molecule is CCS(=O)(=O)NCCCC#N. The first-order valence-corrected chi connectivity index (χ1v) is 5.12. The van der Waals surface area contributed by atoms with Crippen molar-refractivity contribution in [1.82, 2.24) is 4.72 Å². The minimum absolute atomic E-state index is 0.0968. The summed E-state index contributed by atoms with van der Waals surface area (Å²) in [6.07, 6.45) is 0.974. The van der Waals surface area contributed by atoms with Crippen LogP contribution in [0.5, 0.6) is 0 Å². The smallest absolute Gasteiger partial charge is 0.211 e. The predicted molar refractivity (Wildman–Crippen MR) is 42.3 cm³/mol. The van der Waals surface area contributed by atoms with Crippen LogP contribution < -0.4 is 4.72 Å². The third kappa shape index (κ3) is 5.83. The fourth-order valence-corrected chi connectivity index (χ4v) is 1.16. The second-order valence-corrected chi connectivity index (χ2v) is 4.15. The minimum Gasteiger partial charge on any atom is -0.215 e. The van der Waals surface area contributed by atoms with Gasteiger partial charge in [-0.15, -0.1) is 0 Å². The van der Waals surface area contributed by atoms with E-state index < -0.39 is 10.0 Å². The Morgan fingerprint density at radius 1 is 1.55 bits per heavy atom. The van der Waals surface area contributed by atoms with Gasteiger partial charge in [-0.05, 0) is 13.3 Å². The van der Waals surface area contributed by atoms with Crippen LogP contribution in [0.25, 0.3) is 0 Å². The second kappa shape index (κ2) is 5.10. The summed E-state index contributed by atoms with van der Waals surface area (Å²) in [4.78, 5) is 0. The molecule has 0 saturated carbocycles. The van der Waals surface area contributed by atoms with Gasteiger partial charge in [0.15, 0.2) is 0 Å². The van der Waals surface area contributed by atoms with E-state index in [9.17, 15) is 8.42 Å². The molecule has 4 nitrogen and oxygen atoms in total. The highest BCUT2D eigenvalue weighted by molar-refractivity contribution is 7.89. The van der Waals surface area contributed by atoms with Gasteiger partial charge in [-0.2, -0.15) is 5.26 Å². The van der Waals surface area contributed by atoms with Crippen molar-refractivity contribution in [2.45, 2.75) is 19.8 Å². The third-order valence-corrected chi connectivity index (χ3v) is 2.57. The van der Waals surface area contributed by atoms with Crippen molar-refractivity contribution >= 4 is 10.0 Å². The molecule has 0 amide bonds. The number of rotatable bonds is 5. The van der Waals surface area contributed by atoms with Crippen molar-refractivity contribution < 1.29 is 8.42 Å². The third-order valence-electron chi connectivity index (χ3n) is 1.17. The molecule has 0 rings (SSSR count). The monoisotopic (exact) mass is 176 g/mol. The molecule has 0 spiro atoms. The fraction of sp³-hybridized carbons (Fsp3) is 0.833. The largest absolute Gasteiger partial charge is 0.215 e. The quantitative estimate of drug-likeness (QED) is 0.609. The van der Waals surface area contributed by atoms with Crippen LogP contribution in [-0.2, 0) is 10.0 Å². The molecule has 0 aromatic heterocycles. The highest BCUT2D eigenvalue weighted by Gasteiger charge is 2.03. The molecule has 0 aliphatic rings. The molecule has 0 unspecified atom stereocenters. The van der Waals surface area contributed by atoms with Crippen molar-refractivity contribution in [3.05, 3.63) is 0 Å². The Kier molecular flexibility index (Phi) is 4.83. The van der Waals surface area contributed by atoms with E-state index in [0.717, 1.165) is 0 Å². The average Bonchev–Trinajstić information content (AvgIpc) is 1.99. The van der Waals surface area contributed by atoms with Gasteiger partial charge in [-0.3, -0.25) is 0 Å². The molecule has 0 atom stereocenters. The summed E-state index contributed by atoms with van der Waals surface area (Å²) >= 11 is 0. The summed E-state index contributed by atoms with van der Waals surface area (Å²) in [5, 5.41) is 8.13. The van der Waals surface area contributed by atoms with Crippen LogP contribution in [0.1, 0.15) is 19.8 Å². The van der Waals surface area contributed by atoms with Gasteiger partial charge < -0.3 is 0 Å². The zero-order chi connectivity index (χ0) is 8.74. The summed E-state index contributed by atoms with van der Waals surface area (Å²) in [6.45, 7) is 1.94. The lowest BCUT2D eigenvalue weighted by molar-refractivity contribution is 0.581. The molecule has 11 heavy (non-hydrogen) atoms. The van der Waals surface area contributed by atoms with Crippen LogP contribution in [0.4, 0.5) is 0 Å². The van der Waals surface area contributed by atoms with Crippen molar-refractivity contribution in [3.63, 3.8) is 0 Å². The van der Waals surface area contributed by atoms with E-state index >= 15 is 0 Å². The summed E-state index contributed by atoms with van der Waals surface area (Å²) < 4.78 is 23.9. The van der Waals surface area contributed by atoms with Crippen molar-refractivity contribution in [2.75, 3.05) is 12.3 Å². The van der Waals surface area contributed by atoms with E-state index in [0.29, 0.717) is 19.4 Å². The normalized spacial score (nSPS) is 10.9. The lowest BCUT2D eigenvalue weighted by Gasteiger charge is -2.00. The van der Waals surface area contributed by atoms with Gasteiger partial charge in [-0.1, -0.05) is 0 Å². The van der Waals surface area contributed by atoms with Gasteiger partial charge in [-0.25, -0.2) is 13.1 Å². The molecule has 0 heterocycles. The van der Waals surface area contributed by atoms with Crippen LogP contribution in [0, 0.1) is 11.3 Å². The lowest BCUT2D eigenvalue weighted by Crippen LogP contribution is -2.26. The number of unbranched alkanes of at least 4 members (excludes halogenated alkanes) is 1. The number of hydrogen-bond acceptors (Lipinski definition) is 3. The van der Waals surface area contributed by atoms with Crippen molar-refractivity contribution in [1.29, 1.82) is 5.26 Å². The number of nitrogens with zero attached hydrogens (tertiary/aromatic N) is 1. The predicted octanol–water partition coefficient (Wildman–Crippen LogP) is 0.229. The van der Waals surface area contributed by atoms with E-state index in [1.807, 2.05) is 6.07 Å². The summed E-state index contributed by atoms with van der Waals surface area (Å²) in [5.74, 6) is 0.0968. The Bertz CT molecular complexity index is 227. The van der Waals surface area contributed by atoms with Crippen molar-refractivity contribution in [2.24, 2.45) is 0 Å². The van der Waals surface area contributed by atoms with Crippen LogP contribution in [-0.4, -0.2) is 20.7 Å². The van der Waals surface area contributed by atoms with Crippen LogP contribution in [0.15, 0.2) is 0 Å². The van der Waals surface area contributed by atoms with Crippen LogP contribution >= 0.6 is 0 Å². The molecule has 0 radical (unpaired) electrons. The fourth-order valence-electron chi connectivity index (χ4n) is 0.497. The maximum atomic E-state index is 10.8. The van der Waals surface area contributed by atoms with Gasteiger partial charge in [0.05, 0.1) is 11.8 Å². The van der Waals surface area contributed by atoms with Crippen molar-refractivity contribution in [3.8, 4) is 6.07 Å². The summed E-state index contributed by atoms with van der Waals surface area (Å²) in [5.41, 5.74) is 0. The molecule has 0 aromatic rings. The Morgan fingerprint density at radius 3 is 2.64 bits per heavy atom. The minimum atomic E-state index is -3.06. The topological polar surface area (TPSA) is 70.0 Å². The molecule has 0 aliphatic carbocycles. The number of sulfonamides is 1. The Labute approximate surface area is 67.3 Å². The highest BCUT2D eigenvalue weighted by Crippen LogP contribution is 1.86. The first-order valence-electron chi connectivity index (χ1n) is 3.46. The molecule has 0 saturated heterocycles. The standard InChI is InChI=1S/C6H12N2O2S/c1-2-11(9,10)8-6-4-3-5-7/h8H,2-4,6H2,1H3. The molecule has 64 valence electrons. The molecule has 5 heteroatoms. The molecule has 1 N–H and O–H groups in total. The van der Waals surface area contributed by atoms with Gasteiger partial charge in [0, 0.05) is 13.0 Å². The van der Waals surface area contributed by atoms with Crippen LogP contribution in [0.3, 0.4) is 0 Å². The van der Waals surface area contributed by atoms with Gasteiger partial charge >= 0.3 is 0 Å². The first-order chi connectivity index (χ1) is 5.12. The number of hydrogen-bond donors (Lipinski definition) is 1. The molecule has 0 fully saturated rings. The molecular weight excluding hydrogens is 164 g/mol. The maximum Gasteiger partial charge on any atom is 0.211 e. The van der Waals surface area contributed by atoms with Gasteiger partial charge in [0.25, 0.3) is 0 Å². The van der Waals surface area contributed by atoms with E-state index in [4.69, 9.17) is 5.26 Å². The maximum absolute atomic E-state index is 10.8. The van der Waals surface area contributed by atoms with Crippen LogP contribution in [0.2, 0.25) is 0 Å². The van der Waals surface area contributed by atoms with E-state index in [2.05, 4.69) is 4.72 Å². The number of nitrogens with one attached hydrogen (secondary N) is 1. The zero-order valence-corrected chi connectivity index (χ0v) is 7.32. The zero-order valence-electron chi connectivity index (χ0n) is 6.50. The van der Waals surface area contributed by atoms with Gasteiger partial charge in [0.1, 0.15) is 0 Å². The second-order valence-electron chi connectivity index (χ2n) is 2.06. The number of nitriles is 1. The van der Waals surface area contributed by atoms with E-state index in [1.54, 1.807) is 6.92 Å². The lowest BCUT2D eigenvalue weighted by atomic mass is 10.3. The Hall–Kier alpha value is -0.600. The molecule has 0 aliphatic heterocycles. The highest BCUT2D eigenvalue weighted by atomic mass is 32.2. The first kappa shape index (κ1) is 10.4. The van der Waals surface area contributed by atoms with E-state index in [-0.39, 0.29) is 5.75 Å². The molecule has 0 aromatic carbocycles. The molecular formula is C6H12N2O2S. The Morgan fingerprint density at radius 2 is 2.18 bits per heavy atom. The Balaban J connectivity index is 3.49. The van der Waals surface area contributed by atoms with E-state index in [1.165, 1.54) is 0 Å². The molecule has 0 bridgehead atoms.